The Balaban J connectivity index is 2.00. The van der Waals surface area contributed by atoms with E-state index in [0.29, 0.717) is 37.1 Å². The van der Waals surface area contributed by atoms with Gasteiger partial charge in [0.05, 0.1) is 6.61 Å². The minimum Gasteiger partial charge on any atom is -0.396 e. The van der Waals surface area contributed by atoms with E-state index in [0.717, 1.165) is 0 Å². The van der Waals surface area contributed by atoms with Gasteiger partial charge in [0.1, 0.15) is 5.82 Å². The smallest absolute Gasteiger partial charge is 0.251 e. The van der Waals surface area contributed by atoms with Gasteiger partial charge < -0.3 is 15.2 Å². The molecule has 0 unspecified atom stereocenters. The predicted octanol–water partition coefficient (Wildman–Crippen LogP) is 2.11. The molecule has 0 radical (unpaired) electrons. The van der Waals surface area contributed by atoms with Crippen molar-refractivity contribution >= 4 is 21.8 Å². The number of benzene rings is 1. The van der Waals surface area contributed by atoms with Crippen LogP contribution < -0.4 is 5.32 Å². The van der Waals surface area contributed by atoms with Crippen LogP contribution in [-0.2, 0) is 4.74 Å². The van der Waals surface area contributed by atoms with Crippen LogP contribution in [0.25, 0.3) is 0 Å². The Morgan fingerprint density at radius 2 is 2.10 bits per heavy atom. The van der Waals surface area contributed by atoms with Crippen LogP contribution in [0.3, 0.4) is 0 Å². The highest BCUT2D eigenvalue weighted by Gasteiger charge is 2.32. The molecule has 0 aliphatic carbocycles. The van der Waals surface area contributed by atoms with Crippen molar-refractivity contribution in [1.29, 1.82) is 0 Å². The zero-order valence-electron chi connectivity index (χ0n) is 11.0. The summed E-state index contributed by atoms with van der Waals surface area (Å²) in [6.45, 7) is 1.53. The summed E-state index contributed by atoms with van der Waals surface area (Å²) in [4.78, 5) is 12.0. The molecule has 1 fully saturated rings. The lowest BCUT2D eigenvalue weighted by Gasteiger charge is -2.35. The van der Waals surface area contributed by atoms with E-state index in [2.05, 4.69) is 21.2 Å². The van der Waals surface area contributed by atoms with E-state index in [9.17, 15) is 14.3 Å². The normalized spacial score (nSPS) is 17.8. The van der Waals surface area contributed by atoms with Crippen LogP contribution in [0.15, 0.2) is 22.7 Å². The highest BCUT2D eigenvalue weighted by Crippen LogP contribution is 2.29. The third kappa shape index (κ3) is 3.77. The summed E-state index contributed by atoms with van der Waals surface area (Å²) in [5.74, 6) is -0.808. The van der Waals surface area contributed by atoms with Crippen LogP contribution in [0.1, 0.15) is 23.2 Å². The molecule has 0 saturated carbocycles. The van der Waals surface area contributed by atoms with Gasteiger partial charge >= 0.3 is 0 Å². The molecule has 1 aromatic carbocycles. The maximum atomic E-state index is 13.3. The van der Waals surface area contributed by atoms with Gasteiger partial charge in [0.15, 0.2) is 0 Å². The van der Waals surface area contributed by atoms with Gasteiger partial charge in [0.25, 0.3) is 5.91 Å². The first-order chi connectivity index (χ1) is 9.54. The molecule has 1 aliphatic rings. The Morgan fingerprint density at radius 1 is 1.40 bits per heavy atom. The Hall–Kier alpha value is -0.980. The van der Waals surface area contributed by atoms with Crippen molar-refractivity contribution in [3.8, 4) is 0 Å². The molecule has 110 valence electrons. The van der Waals surface area contributed by atoms with Gasteiger partial charge in [-0.3, -0.25) is 4.79 Å². The fourth-order valence-corrected chi connectivity index (χ4v) is 2.72. The molecule has 1 heterocycles. The molecule has 0 atom stereocenters. The fourth-order valence-electron chi connectivity index (χ4n) is 2.25. The van der Waals surface area contributed by atoms with Crippen molar-refractivity contribution in [2.75, 3.05) is 26.4 Å². The van der Waals surface area contributed by atoms with Crippen molar-refractivity contribution in [3.05, 3.63) is 34.1 Å². The standard InChI is InChI=1S/C14H17BrFNO3/c15-11-5-10(6-12(16)7-11)13(19)17-8-14(9-18)1-3-20-4-2-14/h5-7,18H,1-4,8-9H2,(H,17,19). The molecule has 1 aliphatic heterocycles. The van der Waals surface area contributed by atoms with Gasteiger partial charge in [-0.25, -0.2) is 4.39 Å². The number of carbonyl (C=O) groups excluding carboxylic acids is 1. The zero-order valence-corrected chi connectivity index (χ0v) is 12.6. The molecule has 6 heteroatoms. The Labute approximate surface area is 125 Å². The number of rotatable bonds is 4. The molecule has 4 nitrogen and oxygen atoms in total. The number of halogens is 2. The van der Waals surface area contributed by atoms with E-state index < -0.39 is 5.82 Å². The minimum absolute atomic E-state index is 0.00346. The SMILES string of the molecule is O=C(NCC1(CO)CCOCC1)c1cc(F)cc(Br)c1. The average Bonchev–Trinajstić information content (AvgIpc) is 2.45. The average molecular weight is 346 g/mol. The van der Waals surface area contributed by atoms with Crippen LogP contribution >= 0.6 is 15.9 Å². The summed E-state index contributed by atoms with van der Waals surface area (Å²) < 4.78 is 19.0. The summed E-state index contributed by atoms with van der Waals surface area (Å²) in [6, 6.07) is 4.05. The van der Waals surface area contributed by atoms with Crippen molar-refractivity contribution in [2.45, 2.75) is 12.8 Å². The molecule has 2 rings (SSSR count). The van der Waals surface area contributed by atoms with Crippen LogP contribution in [0.2, 0.25) is 0 Å². The molecule has 1 saturated heterocycles. The van der Waals surface area contributed by atoms with E-state index in [-0.39, 0.29) is 23.5 Å². The monoisotopic (exact) mass is 345 g/mol. The summed E-state index contributed by atoms with van der Waals surface area (Å²) in [7, 11) is 0. The second-order valence-corrected chi connectivity index (χ2v) is 6.03. The number of ether oxygens (including phenoxy) is 1. The van der Waals surface area contributed by atoms with Gasteiger partial charge in [0, 0.05) is 35.2 Å². The van der Waals surface area contributed by atoms with E-state index in [4.69, 9.17) is 4.74 Å². The fraction of sp³-hybridized carbons (Fsp3) is 0.500. The minimum atomic E-state index is -0.465. The number of aliphatic hydroxyl groups is 1. The number of aliphatic hydroxyl groups excluding tert-OH is 1. The molecule has 1 aromatic rings. The first kappa shape index (κ1) is 15.4. The lowest BCUT2D eigenvalue weighted by molar-refractivity contribution is -0.0146. The summed E-state index contributed by atoms with van der Waals surface area (Å²) >= 11 is 3.16. The Kier molecular flexibility index (Phi) is 5.12. The third-order valence-electron chi connectivity index (χ3n) is 3.64. The molecule has 0 aromatic heterocycles. The molecule has 0 spiro atoms. The lowest BCUT2D eigenvalue weighted by atomic mass is 9.81. The topological polar surface area (TPSA) is 58.6 Å². The molecular formula is C14H17BrFNO3. The quantitative estimate of drug-likeness (QED) is 0.878. The number of amides is 1. The van der Waals surface area contributed by atoms with Gasteiger partial charge in [-0.05, 0) is 31.0 Å². The molecule has 0 bridgehead atoms. The lowest BCUT2D eigenvalue weighted by Crippen LogP contribution is -2.43. The number of hydrogen-bond donors (Lipinski definition) is 2. The van der Waals surface area contributed by atoms with Gasteiger partial charge in [-0.15, -0.1) is 0 Å². The Bertz CT molecular complexity index is 469. The van der Waals surface area contributed by atoms with Crippen LogP contribution in [0, 0.1) is 11.2 Å². The van der Waals surface area contributed by atoms with Crippen molar-refractivity contribution in [3.63, 3.8) is 0 Å². The van der Waals surface area contributed by atoms with Gasteiger partial charge in [0.2, 0.25) is 0 Å². The highest BCUT2D eigenvalue weighted by atomic mass is 79.9. The largest absolute Gasteiger partial charge is 0.396 e. The second-order valence-electron chi connectivity index (χ2n) is 5.11. The maximum absolute atomic E-state index is 13.3. The molecule has 20 heavy (non-hydrogen) atoms. The number of nitrogens with one attached hydrogen (secondary N) is 1. The van der Waals surface area contributed by atoms with E-state index >= 15 is 0 Å². The zero-order chi connectivity index (χ0) is 14.6. The van der Waals surface area contributed by atoms with Crippen LogP contribution in [0.5, 0.6) is 0 Å². The summed E-state index contributed by atoms with van der Waals surface area (Å²) in [5.41, 5.74) is -0.0737. The molecule has 2 N–H and O–H groups in total. The van der Waals surface area contributed by atoms with Crippen LogP contribution in [-0.4, -0.2) is 37.4 Å². The first-order valence-corrected chi connectivity index (χ1v) is 7.27. The van der Waals surface area contributed by atoms with Crippen molar-refractivity contribution in [1.82, 2.24) is 5.32 Å². The number of carbonyl (C=O) groups is 1. The summed E-state index contributed by atoms with van der Waals surface area (Å²) in [5, 5.41) is 12.3. The predicted molar refractivity (Wildman–Crippen MR) is 76.0 cm³/mol. The van der Waals surface area contributed by atoms with Gasteiger partial charge in [-0.2, -0.15) is 0 Å². The van der Waals surface area contributed by atoms with E-state index in [1.807, 2.05) is 0 Å². The Morgan fingerprint density at radius 3 is 2.70 bits per heavy atom. The van der Waals surface area contributed by atoms with Gasteiger partial charge in [-0.1, -0.05) is 15.9 Å². The van der Waals surface area contributed by atoms with Crippen molar-refractivity contribution < 1.29 is 19.0 Å². The van der Waals surface area contributed by atoms with E-state index in [1.165, 1.54) is 12.1 Å². The van der Waals surface area contributed by atoms with Crippen molar-refractivity contribution in [2.24, 2.45) is 5.41 Å². The maximum Gasteiger partial charge on any atom is 0.251 e. The van der Waals surface area contributed by atoms with Crippen LogP contribution in [0.4, 0.5) is 4.39 Å². The number of hydrogen-bond acceptors (Lipinski definition) is 3. The van der Waals surface area contributed by atoms with E-state index in [1.54, 1.807) is 6.07 Å². The first-order valence-electron chi connectivity index (χ1n) is 6.48. The molecular weight excluding hydrogens is 329 g/mol. The molecule has 1 amide bonds. The summed E-state index contributed by atoms with van der Waals surface area (Å²) in [6.07, 6.45) is 1.41. The second kappa shape index (κ2) is 6.65. The third-order valence-corrected chi connectivity index (χ3v) is 4.10. The highest BCUT2D eigenvalue weighted by molar-refractivity contribution is 9.10.